The van der Waals surface area contributed by atoms with E-state index in [9.17, 15) is 0 Å². The number of H-pyrrole nitrogens is 1. The van der Waals surface area contributed by atoms with Gasteiger partial charge in [-0.1, -0.05) is 17.7 Å². The second kappa shape index (κ2) is 5.43. The molecule has 0 saturated carbocycles. The van der Waals surface area contributed by atoms with Crippen LogP contribution in [-0.4, -0.2) is 17.1 Å². The minimum atomic E-state index is 0.432. The Balaban J connectivity index is 1.73. The summed E-state index contributed by atoms with van der Waals surface area (Å²) in [6.07, 6.45) is 3.55. The summed E-state index contributed by atoms with van der Waals surface area (Å²) in [6.45, 7) is 0.432. The molecule has 1 N–H and O–H groups in total. The highest BCUT2D eigenvalue weighted by atomic mass is 35.5. The number of rotatable bonds is 4. The topological polar surface area (TPSA) is 47.1 Å². The fourth-order valence-corrected chi connectivity index (χ4v) is 2.25. The van der Waals surface area contributed by atoms with Crippen molar-refractivity contribution < 1.29 is 9.47 Å². The van der Waals surface area contributed by atoms with E-state index in [2.05, 4.69) is 9.97 Å². The molecule has 0 fully saturated rings. The number of aromatic amines is 1. The first kappa shape index (κ1) is 12.8. The molecule has 0 spiro atoms. The number of fused-ring (bicyclic) bond motifs is 1. The number of methoxy groups -OCH3 is 1. The third kappa shape index (κ3) is 2.56. The van der Waals surface area contributed by atoms with Crippen molar-refractivity contribution in [2.75, 3.05) is 7.11 Å². The number of nitrogens with one attached hydrogen (secondary N) is 1. The molecule has 0 saturated heterocycles. The zero-order valence-electron chi connectivity index (χ0n) is 10.9. The van der Waals surface area contributed by atoms with Crippen LogP contribution < -0.4 is 9.47 Å². The lowest BCUT2D eigenvalue weighted by Gasteiger charge is -2.08. The number of benzene rings is 1. The minimum Gasteiger partial charge on any atom is -0.495 e. The van der Waals surface area contributed by atoms with Gasteiger partial charge < -0.3 is 14.5 Å². The van der Waals surface area contributed by atoms with E-state index in [0.717, 1.165) is 22.3 Å². The summed E-state index contributed by atoms with van der Waals surface area (Å²) >= 11 is 6.08. The molecule has 5 heteroatoms. The molecule has 0 amide bonds. The molecule has 20 heavy (non-hydrogen) atoms. The molecule has 2 heterocycles. The Kier molecular flexibility index (Phi) is 3.48. The maximum Gasteiger partial charge on any atom is 0.138 e. The van der Waals surface area contributed by atoms with Gasteiger partial charge in [0.05, 0.1) is 18.3 Å². The monoisotopic (exact) mass is 288 g/mol. The predicted octanol–water partition coefficient (Wildman–Crippen LogP) is 3.80. The average molecular weight is 289 g/mol. The van der Waals surface area contributed by atoms with E-state index in [-0.39, 0.29) is 0 Å². The smallest absolute Gasteiger partial charge is 0.138 e. The Hall–Kier alpha value is -2.20. The first-order valence-corrected chi connectivity index (χ1v) is 6.52. The molecule has 1 aromatic carbocycles. The summed E-state index contributed by atoms with van der Waals surface area (Å²) in [4.78, 5) is 7.31. The van der Waals surface area contributed by atoms with Crippen molar-refractivity contribution in [3.05, 3.63) is 53.3 Å². The summed E-state index contributed by atoms with van der Waals surface area (Å²) < 4.78 is 10.8. The Morgan fingerprint density at radius 2 is 2.15 bits per heavy atom. The summed E-state index contributed by atoms with van der Waals surface area (Å²) in [7, 11) is 1.59. The molecule has 3 rings (SSSR count). The number of pyridine rings is 1. The van der Waals surface area contributed by atoms with Gasteiger partial charge in [-0.05, 0) is 29.8 Å². The van der Waals surface area contributed by atoms with E-state index < -0.39 is 0 Å². The van der Waals surface area contributed by atoms with Gasteiger partial charge in [-0.3, -0.25) is 0 Å². The van der Waals surface area contributed by atoms with Gasteiger partial charge in [-0.2, -0.15) is 0 Å². The number of ether oxygens (including phenoxy) is 2. The van der Waals surface area contributed by atoms with Crippen LogP contribution >= 0.6 is 11.6 Å². The molecule has 0 bridgehead atoms. The molecule has 0 aliphatic rings. The highest BCUT2D eigenvalue weighted by Crippen LogP contribution is 2.25. The average Bonchev–Trinajstić information content (AvgIpc) is 2.92. The number of hydrogen-bond donors (Lipinski definition) is 1. The summed E-state index contributed by atoms with van der Waals surface area (Å²) in [5.74, 6) is 1.38. The third-order valence-electron chi connectivity index (χ3n) is 3.00. The first-order valence-electron chi connectivity index (χ1n) is 6.14. The molecule has 0 aliphatic heterocycles. The molecule has 4 nitrogen and oxygen atoms in total. The van der Waals surface area contributed by atoms with Crippen molar-refractivity contribution in [2.24, 2.45) is 0 Å². The molecule has 0 unspecified atom stereocenters. The van der Waals surface area contributed by atoms with Crippen LogP contribution in [0.1, 0.15) is 5.56 Å². The van der Waals surface area contributed by atoms with Crippen molar-refractivity contribution in [3.63, 3.8) is 0 Å². The Labute approximate surface area is 121 Å². The first-order chi connectivity index (χ1) is 9.76. The zero-order chi connectivity index (χ0) is 13.9. The molecular formula is C15H13ClN2O2. The summed E-state index contributed by atoms with van der Waals surface area (Å²) in [5, 5.41) is 1.60. The van der Waals surface area contributed by atoms with Crippen LogP contribution in [0.3, 0.4) is 0 Å². The summed E-state index contributed by atoms with van der Waals surface area (Å²) in [5.41, 5.74) is 1.83. The van der Waals surface area contributed by atoms with E-state index >= 15 is 0 Å². The van der Waals surface area contributed by atoms with Crippen molar-refractivity contribution in [1.29, 1.82) is 0 Å². The van der Waals surface area contributed by atoms with Crippen LogP contribution in [-0.2, 0) is 6.61 Å². The van der Waals surface area contributed by atoms with Crippen LogP contribution in [0.2, 0.25) is 5.02 Å². The molecule has 0 aliphatic carbocycles. The van der Waals surface area contributed by atoms with Gasteiger partial charge in [0.15, 0.2) is 0 Å². The van der Waals surface area contributed by atoms with E-state index in [1.807, 2.05) is 36.5 Å². The predicted molar refractivity (Wildman–Crippen MR) is 78.4 cm³/mol. The van der Waals surface area contributed by atoms with Gasteiger partial charge >= 0.3 is 0 Å². The fraction of sp³-hybridized carbons (Fsp3) is 0.133. The number of aromatic nitrogens is 2. The molecular weight excluding hydrogens is 276 g/mol. The number of halogens is 1. The molecule has 0 radical (unpaired) electrons. The number of hydrogen-bond acceptors (Lipinski definition) is 3. The van der Waals surface area contributed by atoms with Crippen LogP contribution in [0, 0.1) is 0 Å². The Morgan fingerprint density at radius 1 is 1.25 bits per heavy atom. The lowest BCUT2D eigenvalue weighted by atomic mass is 10.2. The standard InChI is InChI=1S/C15H13ClN2O2/c1-19-14-3-2-10(6-13(14)16)9-20-12-7-11-4-5-17-15(11)18-8-12/h2-8H,9H2,1H3,(H,17,18). The quantitative estimate of drug-likeness (QED) is 0.794. The molecule has 3 aromatic rings. The van der Waals surface area contributed by atoms with Crippen LogP contribution in [0.4, 0.5) is 0 Å². The van der Waals surface area contributed by atoms with Gasteiger partial charge in [0.1, 0.15) is 23.8 Å². The van der Waals surface area contributed by atoms with Crippen LogP contribution in [0.5, 0.6) is 11.5 Å². The highest BCUT2D eigenvalue weighted by molar-refractivity contribution is 6.32. The molecule has 0 atom stereocenters. The fourth-order valence-electron chi connectivity index (χ4n) is 1.96. The number of nitrogens with zero attached hydrogens (tertiary/aromatic N) is 1. The van der Waals surface area contributed by atoms with Gasteiger partial charge in [0, 0.05) is 11.6 Å². The lowest BCUT2D eigenvalue weighted by Crippen LogP contribution is -1.96. The Bertz CT molecular complexity index is 740. The van der Waals surface area contributed by atoms with Gasteiger partial charge in [-0.15, -0.1) is 0 Å². The largest absolute Gasteiger partial charge is 0.495 e. The normalized spacial score (nSPS) is 10.7. The van der Waals surface area contributed by atoms with Gasteiger partial charge in [0.25, 0.3) is 0 Å². The van der Waals surface area contributed by atoms with Gasteiger partial charge in [0.2, 0.25) is 0 Å². The molecule has 2 aromatic heterocycles. The van der Waals surface area contributed by atoms with E-state index in [1.165, 1.54) is 0 Å². The summed E-state index contributed by atoms with van der Waals surface area (Å²) in [6, 6.07) is 9.49. The highest BCUT2D eigenvalue weighted by Gasteiger charge is 2.04. The SMILES string of the molecule is COc1ccc(COc2cnc3[nH]ccc3c2)cc1Cl. The third-order valence-corrected chi connectivity index (χ3v) is 3.29. The second-order valence-electron chi connectivity index (χ2n) is 4.34. The second-order valence-corrected chi connectivity index (χ2v) is 4.75. The van der Waals surface area contributed by atoms with Crippen LogP contribution in [0.15, 0.2) is 42.7 Å². The maximum absolute atomic E-state index is 6.08. The van der Waals surface area contributed by atoms with E-state index in [0.29, 0.717) is 17.4 Å². The van der Waals surface area contributed by atoms with Crippen molar-refractivity contribution in [1.82, 2.24) is 9.97 Å². The van der Waals surface area contributed by atoms with Crippen LogP contribution in [0.25, 0.3) is 11.0 Å². The van der Waals surface area contributed by atoms with E-state index in [4.69, 9.17) is 21.1 Å². The van der Waals surface area contributed by atoms with E-state index in [1.54, 1.807) is 13.3 Å². The van der Waals surface area contributed by atoms with Crippen molar-refractivity contribution in [3.8, 4) is 11.5 Å². The maximum atomic E-state index is 6.08. The molecule has 102 valence electrons. The van der Waals surface area contributed by atoms with Crippen molar-refractivity contribution in [2.45, 2.75) is 6.61 Å². The zero-order valence-corrected chi connectivity index (χ0v) is 11.6. The van der Waals surface area contributed by atoms with Crippen molar-refractivity contribution >= 4 is 22.6 Å². The Morgan fingerprint density at radius 3 is 2.95 bits per heavy atom. The van der Waals surface area contributed by atoms with Gasteiger partial charge in [-0.25, -0.2) is 4.98 Å². The lowest BCUT2D eigenvalue weighted by molar-refractivity contribution is 0.305. The minimum absolute atomic E-state index is 0.432.